The van der Waals surface area contributed by atoms with Crippen molar-refractivity contribution in [3.05, 3.63) is 59.0 Å². The molecular formula is C27H26F4N6O2. The highest BCUT2D eigenvalue weighted by molar-refractivity contribution is 6.01. The molecule has 12 heteroatoms. The molecule has 0 unspecified atom stereocenters. The monoisotopic (exact) mass is 542 g/mol. The van der Waals surface area contributed by atoms with Crippen LogP contribution in [0.5, 0.6) is 5.75 Å². The molecule has 2 fully saturated rings. The Balaban J connectivity index is 1.36. The topological polar surface area (TPSA) is 82.6 Å². The smallest absolute Gasteiger partial charge is 0.404 e. The number of fused-ring (bicyclic) bond motifs is 2. The van der Waals surface area contributed by atoms with Crippen LogP contribution in [0, 0.1) is 12.7 Å². The summed E-state index contributed by atoms with van der Waals surface area (Å²) in [5, 5.41) is 5.80. The van der Waals surface area contributed by atoms with E-state index in [2.05, 4.69) is 35.1 Å². The Morgan fingerprint density at radius 3 is 2.49 bits per heavy atom. The normalized spacial score (nSPS) is 18.2. The molecule has 39 heavy (non-hydrogen) atoms. The minimum absolute atomic E-state index is 0.000347. The number of rotatable bonds is 5. The molecule has 3 aliphatic rings. The van der Waals surface area contributed by atoms with Crippen LogP contribution in [-0.2, 0) is 5.54 Å². The Labute approximate surface area is 222 Å². The van der Waals surface area contributed by atoms with Gasteiger partial charge in [-0.15, -0.1) is 13.2 Å². The van der Waals surface area contributed by atoms with Crippen molar-refractivity contribution in [2.45, 2.75) is 31.7 Å². The number of benzene rings is 2. The van der Waals surface area contributed by atoms with Crippen molar-refractivity contribution in [1.29, 1.82) is 0 Å². The molecule has 3 aromatic rings. The average molecular weight is 543 g/mol. The number of piperazine rings is 1. The molecule has 1 amide bonds. The van der Waals surface area contributed by atoms with Gasteiger partial charge in [0, 0.05) is 43.0 Å². The van der Waals surface area contributed by atoms with Crippen molar-refractivity contribution in [3.8, 4) is 17.0 Å². The van der Waals surface area contributed by atoms with Crippen LogP contribution in [0.2, 0.25) is 0 Å². The van der Waals surface area contributed by atoms with Crippen LogP contribution in [0.3, 0.4) is 0 Å². The van der Waals surface area contributed by atoms with Gasteiger partial charge in [0.2, 0.25) is 5.95 Å². The van der Waals surface area contributed by atoms with Crippen LogP contribution in [-0.4, -0.2) is 60.4 Å². The summed E-state index contributed by atoms with van der Waals surface area (Å²) >= 11 is 0. The maximum Gasteiger partial charge on any atom is 0.573 e. The largest absolute Gasteiger partial charge is 0.573 e. The second kappa shape index (κ2) is 9.08. The number of aromatic nitrogens is 2. The SMILES string of the molecule is Cc1nc(Nc2cc(N3CCN(C)CC3)ccc2OC(F)(F)F)nc(-c2ccc3c(c2)C(=O)NC32CC2)c1F. The summed E-state index contributed by atoms with van der Waals surface area (Å²) in [6.07, 6.45) is -3.20. The fourth-order valence-electron chi connectivity index (χ4n) is 5.19. The lowest BCUT2D eigenvalue weighted by molar-refractivity contribution is -0.274. The Kier molecular flexibility index (Phi) is 5.90. The van der Waals surface area contributed by atoms with E-state index in [1.807, 2.05) is 7.05 Å². The first-order valence-corrected chi connectivity index (χ1v) is 12.6. The van der Waals surface area contributed by atoms with Gasteiger partial charge in [0.05, 0.1) is 16.9 Å². The zero-order valence-electron chi connectivity index (χ0n) is 21.3. The van der Waals surface area contributed by atoms with E-state index in [4.69, 9.17) is 0 Å². The van der Waals surface area contributed by atoms with Crippen LogP contribution in [0.4, 0.5) is 34.9 Å². The third kappa shape index (κ3) is 4.84. The lowest BCUT2D eigenvalue weighted by atomic mass is 9.99. The number of amides is 1. The summed E-state index contributed by atoms with van der Waals surface area (Å²) in [6, 6.07) is 9.45. The molecule has 8 nitrogen and oxygen atoms in total. The summed E-state index contributed by atoms with van der Waals surface area (Å²) in [6.45, 7) is 4.48. The highest BCUT2D eigenvalue weighted by Crippen LogP contribution is 2.50. The van der Waals surface area contributed by atoms with Crippen molar-refractivity contribution in [2.75, 3.05) is 43.4 Å². The molecule has 6 rings (SSSR count). The van der Waals surface area contributed by atoms with Gasteiger partial charge in [0.25, 0.3) is 5.91 Å². The first-order valence-electron chi connectivity index (χ1n) is 12.6. The van der Waals surface area contributed by atoms with Crippen molar-refractivity contribution in [2.24, 2.45) is 0 Å². The van der Waals surface area contributed by atoms with E-state index in [0.717, 1.165) is 31.5 Å². The molecule has 0 radical (unpaired) electrons. The highest BCUT2D eigenvalue weighted by atomic mass is 19.4. The maximum atomic E-state index is 15.2. The van der Waals surface area contributed by atoms with Crippen LogP contribution in [0.25, 0.3) is 11.3 Å². The fraction of sp³-hybridized carbons (Fsp3) is 0.370. The number of nitrogens with zero attached hydrogens (tertiary/aromatic N) is 4. The zero-order valence-corrected chi connectivity index (χ0v) is 21.3. The number of halogens is 4. The molecule has 1 aromatic heterocycles. The van der Waals surface area contributed by atoms with Gasteiger partial charge in [-0.1, -0.05) is 12.1 Å². The molecule has 2 aromatic carbocycles. The molecule has 1 aliphatic carbocycles. The van der Waals surface area contributed by atoms with Crippen molar-refractivity contribution < 1.29 is 27.1 Å². The number of likely N-dealkylation sites (N-methyl/N-ethyl adjacent to an activating group) is 1. The molecule has 0 bridgehead atoms. The predicted octanol–water partition coefficient (Wildman–Crippen LogP) is 4.72. The van der Waals surface area contributed by atoms with E-state index >= 15 is 4.39 Å². The maximum absolute atomic E-state index is 15.2. The third-order valence-electron chi connectivity index (χ3n) is 7.48. The first-order chi connectivity index (χ1) is 18.5. The van der Waals surface area contributed by atoms with Gasteiger partial charge < -0.3 is 25.2 Å². The summed E-state index contributed by atoms with van der Waals surface area (Å²) < 4.78 is 59.0. The van der Waals surface area contributed by atoms with Crippen LogP contribution >= 0.6 is 0 Å². The van der Waals surface area contributed by atoms with Gasteiger partial charge in [-0.25, -0.2) is 14.4 Å². The van der Waals surface area contributed by atoms with Crippen LogP contribution in [0.15, 0.2) is 36.4 Å². The van der Waals surface area contributed by atoms with Crippen molar-refractivity contribution in [3.63, 3.8) is 0 Å². The number of alkyl halides is 3. The first kappa shape index (κ1) is 25.4. The second-order valence-electron chi connectivity index (χ2n) is 10.2. The second-order valence-corrected chi connectivity index (χ2v) is 10.2. The van der Waals surface area contributed by atoms with Crippen molar-refractivity contribution in [1.82, 2.24) is 20.2 Å². The molecule has 1 spiro atoms. The van der Waals surface area contributed by atoms with Gasteiger partial charge >= 0.3 is 6.36 Å². The summed E-state index contributed by atoms with van der Waals surface area (Å²) in [4.78, 5) is 25.2. The summed E-state index contributed by atoms with van der Waals surface area (Å²) in [5.41, 5.74) is 2.03. The number of aryl methyl sites for hydroxylation is 1. The molecule has 1 saturated carbocycles. The van der Waals surface area contributed by atoms with E-state index in [1.54, 1.807) is 30.3 Å². The molecular weight excluding hydrogens is 516 g/mol. The van der Waals surface area contributed by atoms with E-state index < -0.39 is 17.9 Å². The fourth-order valence-corrected chi connectivity index (χ4v) is 5.19. The number of carbonyl (C=O) groups excluding carboxylic acids is 1. The number of carbonyl (C=O) groups is 1. The molecule has 2 N–H and O–H groups in total. The number of hydrogen-bond donors (Lipinski definition) is 2. The minimum Gasteiger partial charge on any atom is -0.404 e. The predicted molar refractivity (Wildman–Crippen MR) is 137 cm³/mol. The molecule has 2 aliphatic heterocycles. The molecule has 3 heterocycles. The number of ether oxygens (including phenoxy) is 1. The molecule has 204 valence electrons. The van der Waals surface area contributed by atoms with Gasteiger partial charge in [-0.05, 0) is 56.6 Å². The Morgan fingerprint density at radius 2 is 1.79 bits per heavy atom. The lowest BCUT2D eigenvalue weighted by Gasteiger charge is -2.34. The zero-order chi connectivity index (χ0) is 27.5. The van der Waals surface area contributed by atoms with E-state index in [0.29, 0.717) is 29.9 Å². The Hall–Kier alpha value is -3.93. The van der Waals surface area contributed by atoms with E-state index in [9.17, 15) is 18.0 Å². The molecule has 1 saturated heterocycles. The Morgan fingerprint density at radius 1 is 1.05 bits per heavy atom. The van der Waals surface area contributed by atoms with Gasteiger partial charge in [-0.3, -0.25) is 4.79 Å². The van der Waals surface area contributed by atoms with Gasteiger partial charge in [0.1, 0.15) is 5.69 Å². The number of nitrogens with one attached hydrogen (secondary N) is 2. The number of anilines is 3. The van der Waals surface area contributed by atoms with E-state index in [1.165, 1.54) is 13.0 Å². The van der Waals surface area contributed by atoms with Gasteiger partial charge in [0.15, 0.2) is 11.6 Å². The standard InChI is InChI=1S/C27H26F4N6O2/c1-15-22(28)23(16-3-5-19-18(13-16)24(38)35-26(19)7-8-26)34-25(32-15)33-20-14-17(37-11-9-36(2)10-12-37)4-6-21(20)39-27(29,30)31/h3-6,13-14H,7-12H2,1-2H3,(H,35,38)(H,32,33,34). The van der Waals surface area contributed by atoms with Crippen molar-refractivity contribution >= 4 is 23.2 Å². The molecule has 0 atom stereocenters. The van der Waals surface area contributed by atoms with Crippen LogP contribution in [0.1, 0.15) is 34.5 Å². The average Bonchev–Trinajstić information content (AvgIpc) is 3.60. The summed E-state index contributed by atoms with van der Waals surface area (Å²) in [5.74, 6) is -1.46. The Bertz CT molecular complexity index is 1470. The minimum atomic E-state index is -4.92. The third-order valence-corrected chi connectivity index (χ3v) is 7.48. The quantitative estimate of drug-likeness (QED) is 0.452. The lowest BCUT2D eigenvalue weighted by Crippen LogP contribution is -2.44. The van der Waals surface area contributed by atoms with Crippen LogP contribution < -0.4 is 20.3 Å². The van der Waals surface area contributed by atoms with E-state index in [-0.39, 0.29) is 34.5 Å². The number of hydrogen-bond acceptors (Lipinski definition) is 7. The van der Waals surface area contributed by atoms with Gasteiger partial charge in [-0.2, -0.15) is 0 Å². The highest BCUT2D eigenvalue weighted by Gasteiger charge is 2.52. The summed E-state index contributed by atoms with van der Waals surface area (Å²) in [7, 11) is 2.01.